The number of nitriles is 1. The van der Waals surface area contributed by atoms with E-state index < -0.39 is 5.82 Å². The van der Waals surface area contributed by atoms with Gasteiger partial charge in [0.25, 0.3) is 0 Å². The summed E-state index contributed by atoms with van der Waals surface area (Å²) in [6.45, 7) is 1.93. The third-order valence-corrected chi connectivity index (χ3v) is 3.67. The second-order valence-corrected chi connectivity index (χ2v) is 5.08. The maximum absolute atomic E-state index is 13.5. The molecule has 0 aliphatic carbocycles. The van der Waals surface area contributed by atoms with Crippen LogP contribution in [0, 0.1) is 17.1 Å². The number of ether oxygens (including phenoxy) is 1. The van der Waals surface area contributed by atoms with Crippen molar-refractivity contribution in [3.8, 4) is 11.8 Å². The van der Waals surface area contributed by atoms with E-state index in [0.717, 1.165) is 17.4 Å². The van der Waals surface area contributed by atoms with Gasteiger partial charge in [0.05, 0.1) is 6.07 Å². The molecule has 108 valence electrons. The Bertz CT molecular complexity index is 847. The highest BCUT2D eigenvalue weighted by Crippen LogP contribution is 2.39. The number of carbonyl (C=O) groups is 1. The quantitative estimate of drug-likeness (QED) is 0.592. The average molecular weight is 293 g/mol. The van der Waals surface area contributed by atoms with Crippen LogP contribution in [0.15, 0.2) is 42.0 Å². The van der Waals surface area contributed by atoms with Gasteiger partial charge in [0.2, 0.25) is 0 Å². The molecule has 1 heterocycles. The molecule has 4 heteroatoms. The molecule has 1 aliphatic rings. The van der Waals surface area contributed by atoms with Crippen LogP contribution in [-0.4, -0.2) is 6.29 Å². The monoisotopic (exact) mass is 293 g/mol. The Balaban J connectivity index is 2.32. The molecule has 3 nitrogen and oxygen atoms in total. The van der Waals surface area contributed by atoms with E-state index in [4.69, 9.17) is 4.74 Å². The first-order valence-corrected chi connectivity index (χ1v) is 6.76. The molecule has 0 N–H and O–H groups in total. The lowest BCUT2D eigenvalue weighted by Crippen LogP contribution is -1.97. The number of rotatable bonds is 1. The molecule has 0 unspecified atom stereocenters. The van der Waals surface area contributed by atoms with E-state index in [1.54, 1.807) is 31.2 Å². The smallest absolute Gasteiger partial charge is 0.150 e. The maximum Gasteiger partial charge on any atom is 0.150 e. The van der Waals surface area contributed by atoms with Crippen LogP contribution < -0.4 is 4.74 Å². The molecule has 2 aromatic carbocycles. The number of hydrogen-bond donors (Lipinski definition) is 0. The normalized spacial score (nSPS) is 14.8. The molecule has 0 bridgehead atoms. The summed E-state index contributed by atoms with van der Waals surface area (Å²) in [6.07, 6.45) is 0.762. The minimum atomic E-state index is -0.396. The summed E-state index contributed by atoms with van der Waals surface area (Å²) < 4.78 is 19.2. The molecule has 0 radical (unpaired) electrons. The van der Waals surface area contributed by atoms with E-state index in [1.807, 2.05) is 0 Å². The lowest BCUT2D eigenvalue weighted by atomic mass is 9.90. The van der Waals surface area contributed by atoms with E-state index in [2.05, 4.69) is 6.07 Å². The Morgan fingerprint density at radius 3 is 2.77 bits per heavy atom. The van der Waals surface area contributed by atoms with Gasteiger partial charge in [-0.1, -0.05) is 12.1 Å². The van der Waals surface area contributed by atoms with Gasteiger partial charge in [0.1, 0.15) is 24.5 Å². The topological polar surface area (TPSA) is 50.1 Å². The number of allylic oxidation sites excluding steroid dienone is 1. The van der Waals surface area contributed by atoms with Crippen LogP contribution in [0.2, 0.25) is 0 Å². The van der Waals surface area contributed by atoms with Crippen LogP contribution in [0.25, 0.3) is 5.57 Å². The van der Waals surface area contributed by atoms with Crippen LogP contribution in [0.1, 0.15) is 34.0 Å². The van der Waals surface area contributed by atoms with Gasteiger partial charge in [-0.2, -0.15) is 5.26 Å². The van der Waals surface area contributed by atoms with Gasteiger partial charge in [-0.25, -0.2) is 4.39 Å². The number of nitrogens with zero attached hydrogens (tertiary/aromatic N) is 1. The van der Waals surface area contributed by atoms with Crippen molar-refractivity contribution in [3.05, 3.63) is 70.0 Å². The number of aldehydes is 1. The minimum absolute atomic E-state index is 0.218. The molecule has 0 aromatic heterocycles. The average Bonchev–Trinajstić information content (AvgIpc) is 2.70. The summed E-state index contributed by atoms with van der Waals surface area (Å²) in [4.78, 5) is 11.0. The van der Waals surface area contributed by atoms with Gasteiger partial charge in [-0.05, 0) is 36.2 Å². The number of halogens is 1. The van der Waals surface area contributed by atoms with Crippen molar-refractivity contribution in [2.75, 3.05) is 0 Å². The zero-order chi connectivity index (χ0) is 15.7. The van der Waals surface area contributed by atoms with Crippen molar-refractivity contribution in [3.63, 3.8) is 0 Å². The summed E-state index contributed by atoms with van der Waals surface area (Å²) in [5.41, 5.74) is 4.06. The summed E-state index contributed by atoms with van der Waals surface area (Å²) in [6, 6.07) is 11.7. The highest BCUT2D eigenvalue weighted by molar-refractivity contribution is 5.89. The molecule has 3 rings (SSSR count). The molecule has 0 atom stereocenters. The van der Waals surface area contributed by atoms with Crippen LogP contribution in [0.3, 0.4) is 0 Å². The zero-order valence-electron chi connectivity index (χ0n) is 11.9. The van der Waals surface area contributed by atoms with Crippen molar-refractivity contribution in [1.29, 1.82) is 5.26 Å². The lowest BCUT2D eigenvalue weighted by molar-refractivity contribution is 0.112. The predicted molar refractivity (Wildman–Crippen MR) is 79.9 cm³/mol. The first kappa shape index (κ1) is 14.0. The van der Waals surface area contributed by atoms with Gasteiger partial charge in [-0.3, -0.25) is 4.79 Å². The summed E-state index contributed by atoms with van der Waals surface area (Å²) in [7, 11) is 0. The molecule has 22 heavy (non-hydrogen) atoms. The van der Waals surface area contributed by atoms with Crippen LogP contribution >= 0.6 is 0 Å². The molecular weight excluding hydrogens is 281 g/mol. The number of carbonyl (C=O) groups excluding carboxylic acids is 1. The van der Waals surface area contributed by atoms with Crippen LogP contribution in [-0.2, 0) is 6.61 Å². The van der Waals surface area contributed by atoms with Crippen molar-refractivity contribution >= 4 is 11.9 Å². The van der Waals surface area contributed by atoms with Gasteiger partial charge in [-0.15, -0.1) is 0 Å². The van der Waals surface area contributed by atoms with E-state index in [1.165, 1.54) is 12.1 Å². The fourth-order valence-electron chi connectivity index (χ4n) is 2.63. The molecule has 0 saturated heterocycles. The van der Waals surface area contributed by atoms with Crippen molar-refractivity contribution in [2.24, 2.45) is 0 Å². The Labute approximate surface area is 127 Å². The summed E-state index contributed by atoms with van der Waals surface area (Å²) >= 11 is 0. The summed E-state index contributed by atoms with van der Waals surface area (Å²) in [5, 5.41) is 9.31. The van der Waals surface area contributed by atoms with Crippen LogP contribution in [0.5, 0.6) is 5.75 Å². The summed E-state index contributed by atoms with van der Waals surface area (Å²) in [5.74, 6) is 0.000649. The van der Waals surface area contributed by atoms with Gasteiger partial charge in [0, 0.05) is 28.3 Å². The van der Waals surface area contributed by atoms with Gasteiger partial charge >= 0.3 is 0 Å². The Kier molecular flexibility index (Phi) is 3.48. The Morgan fingerprint density at radius 2 is 2.05 bits per heavy atom. The fourth-order valence-corrected chi connectivity index (χ4v) is 2.63. The molecular formula is C18H12FNO2. The second-order valence-electron chi connectivity index (χ2n) is 5.08. The lowest BCUT2D eigenvalue weighted by Gasteiger charge is -2.11. The predicted octanol–water partition coefficient (Wildman–Crippen LogP) is 3.88. The zero-order valence-corrected chi connectivity index (χ0v) is 11.9. The standard InChI is InChI=1S/C18H12FNO2/c1-11(8-20)18-15-4-2-12(9-21)6-13(15)10-22-17-7-14(19)3-5-16(17)18/h2-7,9H,10H2,1H3/b18-11+. The van der Waals surface area contributed by atoms with Crippen molar-refractivity contribution < 1.29 is 13.9 Å². The van der Waals surface area contributed by atoms with E-state index in [9.17, 15) is 14.4 Å². The van der Waals surface area contributed by atoms with Gasteiger partial charge < -0.3 is 4.74 Å². The third kappa shape index (κ3) is 2.27. The molecule has 0 amide bonds. The van der Waals surface area contributed by atoms with Crippen molar-refractivity contribution in [2.45, 2.75) is 13.5 Å². The SMILES string of the molecule is C/C(C#N)=C1/c2ccc(C=O)cc2COc2cc(F)ccc21. The number of benzene rings is 2. The Morgan fingerprint density at radius 1 is 1.27 bits per heavy atom. The first-order valence-electron chi connectivity index (χ1n) is 6.76. The van der Waals surface area contributed by atoms with Gasteiger partial charge in [0.15, 0.2) is 0 Å². The van der Waals surface area contributed by atoms with E-state index in [-0.39, 0.29) is 6.61 Å². The highest BCUT2D eigenvalue weighted by Gasteiger charge is 2.22. The van der Waals surface area contributed by atoms with E-state index >= 15 is 0 Å². The molecule has 1 aliphatic heterocycles. The molecule has 0 fully saturated rings. The number of hydrogen-bond acceptors (Lipinski definition) is 3. The molecule has 2 aromatic rings. The number of fused-ring (bicyclic) bond motifs is 2. The molecule has 0 spiro atoms. The van der Waals surface area contributed by atoms with Crippen LogP contribution in [0.4, 0.5) is 4.39 Å². The Hall–Kier alpha value is -2.93. The largest absolute Gasteiger partial charge is 0.488 e. The van der Waals surface area contributed by atoms with E-state index in [0.29, 0.717) is 28.0 Å². The minimum Gasteiger partial charge on any atom is -0.488 e. The third-order valence-electron chi connectivity index (χ3n) is 3.67. The molecule has 0 saturated carbocycles. The maximum atomic E-state index is 13.5. The highest BCUT2D eigenvalue weighted by atomic mass is 19.1. The second kappa shape index (κ2) is 5.45. The first-order chi connectivity index (χ1) is 10.6. The fraction of sp³-hybridized carbons (Fsp3) is 0.111. The van der Waals surface area contributed by atoms with Crippen molar-refractivity contribution in [1.82, 2.24) is 0 Å².